The molecular weight excluding hydrogens is 304 g/mol. The maximum atomic E-state index is 12.1. The first-order valence-corrected chi connectivity index (χ1v) is 7.50. The highest BCUT2D eigenvalue weighted by atomic mass is 35.5. The Kier molecular flexibility index (Phi) is 4.98. The van der Waals surface area contributed by atoms with Gasteiger partial charge in [0.25, 0.3) is 5.91 Å². The first-order chi connectivity index (χ1) is 10.4. The SMILES string of the molecule is COCC1=CC(=O)NC2=CC(=NC(=O)C(C)(C)CCl)C=CC12. The van der Waals surface area contributed by atoms with Crippen molar-refractivity contribution in [1.29, 1.82) is 0 Å². The van der Waals surface area contributed by atoms with Gasteiger partial charge in [-0.3, -0.25) is 9.59 Å². The van der Waals surface area contributed by atoms with E-state index in [0.29, 0.717) is 18.0 Å². The van der Waals surface area contributed by atoms with Crippen LogP contribution >= 0.6 is 11.6 Å². The zero-order chi connectivity index (χ0) is 16.3. The largest absolute Gasteiger partial charge is 0.380 e. The molecule has 118 valence electrons. The number of carbonyl (C=O) groups excluding carboxylic acids is 2. The molecule has 0 aromatic rings. The molecular formula is C16H19ClN2O3. The van der Waals surface area contributed by atoms with E-state index in [-0.39, 0.29) is 23.6 Å². The van der Waals surface area contributed by atoms with Gasteiger partial charge in [0.2, 0.25) is 5.91 Å². The molecule has 0 spiro atoms. The molecule has 0 saturated heterocycles. The molecule has 1 heterocycles. The van der Waals surface area contributed by atoms with Gasteiger partial charge in [0.05, 0.1) is 17.7 Å². The maximum absolute atomic E-state index is 12.1. The zero-order valence-electron chi connectivity index (χ0n) is 12.9. The lowest BCUT2D eigenvalue weighted by Crippen LogP contribution is -2.34. The molecule has 1 aliphatic heterocycles. The third-order valence-electron chi connectivity index (χ3n) is 3.54. The van der Waals surface area contributed by atoms with Crippen molar-refractivity contribution in [2.75, 3.05) is 19.6 Å². The van der Waals surface area contributed by atoms with E-state index in [9.17, 15) is 9.59 Å². The molecule has 1 aliphatic carbocycles. The normalized spacial score (nSPS) is 22.8. The van der Waals surface area contributed by atoms with E-state index in [1.165, 1.54) is 0 Å². The highest BCUT2D eigenvalue weighted by Crippen LogP contribution is 2.27. The fraction of sp³-hybridized carbons (Fsp3) is 0.438. The van der Waals surface area contributed by atoms with Crippen molar-refractivity contribution in [2.45, 2.75) is 13.8 Å². The van der Waals surface area contributed by atoms with E-state index in [2.05, 4.69) is 10.3 Å². The van der Waals surface area contributed by atoms with Gasteiger partial charge in [-0.1, -0.05) is 6.08 Å². The number of alkyl halides is 1. The average Bonchev–Trinajstić information content (AvgIpc) is 2.47. The highest BCUT2D eigenvalue weighted by Gasteiger charge is 2.29. The third kappa shape index (κ3) is 3.54. The molecule has 22 heavy (non-hydrogen) atoms. The molecule has 1 N–H and O–H groups in total. The number of carbonyl (C=O) groups is 2. The Bertz CT molecular complexity index is 615. The summed E-state index contributed by atoms with van der Waals surface area (Å²) < 4.78 is 5.12. The number of fused-ring (bicyclic) bond motifs is 1. The van der Waals surface area contributed by atoms with Gasteiger partial charge in [-0.05, 0) is 31.6 Å². The van der Waals surface area contributed by atoms with Crippen LogP contribution in [0.1, 0.15) is 13.8 Å². The lowest BCUT2D eigenvalue weighted by molar-refractivity contribution is -0.124. The van der Waals surface area contributed by atoms with Gasteiger partial charge in [0.1, 0.15) is 0 Å². The standard InChI is InChI=1S/C16H19ClN2O3/c1-16(2,9-17)15(21)18-11-4-5-12-10(8-22-3)6-14(20)19-13(12)7-11/h4-7,12H,8-9H2,1-3H3,(H,19,20). The number of ether oxygens (including phenoxy) is 1. The summed E-state index contributed by atoms with van der Waals surface area (Å²) in [5, 5.41) is 2.78. The van der Waals surface area contributed by atoms with Gasteiger partial charge in [-0.2, -0.15) is 0 Å². The van der Waals surface area contributed by atoms with Crippen LogP contribution in [0.2, 0.25) is 0 Å². The minimum absolute atomic E-state index is 0.0484. The third-order valence-corrected chi connectivity index (χ3v) is 4.20. The van der Waals surface area contributed by atoms with E-state index in [1.54, 1.807) is 39.2 Å². The summed E-state index contributed by atoms with van der Waals surface area (Å²) in [5.74, 6) is -0.334. The van der Waals surface area contributed by atoms with Crippen molar-refractivity contribution in [1.82, 2.24) is 5.32 Å². The van der Waals surface area contributed by atoms with Crippen LogP contribution in [-0.2, 0) is 14.3 Å². The Morgan fingerprint density at radius 3 is 2.82 bits per heavy atom. The lowest BCUT2D eigenvalue weighted by Gasteiger charge is -2.27. The highest BCUT2D eigenvalue weighted by molar-refractivity contribution is 6.20. The Morgan fingerprint density at radius 2 is 2.18 bits per heavy atom. The molecule has 0 aromatic heterocycles. The molecule has 0 saturated carbocycles. The van der Waals surface area contributed by atoms with E-state index in [1.807, 2.05) is 6.08 Å². The number of nitrogens with zero attached hydrogens (tertiary/aromatic N) is 1. The van der Waals surface area contributed by atoms with Crippen LogP contribution in [0, 0.1) is 11.3 Å². The second-order valence-electron chi connectivity index (χ2n) is 5.94. The van der Waals surface area contributed by atoms with Gasteiger partial charge < -0.3 is 10.1 Å². The molecule has 2 rings (SSSR count). The van der Waals surface area contributed by atoms with Crippen LogP contribution in [0.15, 0.2) is 40.6 Å². The van der Waals surface area contributed by atoms with Crippen LogP contribution in [0.3, 0.4) is 0 Å². The van der Waals surface area contributed by atoms with E-state index in [4.69, 9.17) is 16.3 Å². The van der Waals surface area contributed by atoms with Crippen molar-refractivity contribution in [3.63, 3.8) is 0 Å². The van der Waals surface area contributed by atoms with Crippen LogP contribution in [0.25, 0.3) is 0 Å². The summed E-state index contributed by atoms with van der Waals surface area (Å²) in [4.78, 5) is 27.9. The number of rotatable bonds is 4. The number of hydrogen-bond donors (Lipinski definition) is 1. The second-order valence-corrected chi connectivity index (χ2v) is 6.20. The fourth-order valence-corrected chi connectivity index (χ4v) is 2.28. The molecule has 1 atom stereocenters. The number of methoxy groups -OCH3 is 1. The first-order valence-electron chi connectivity index (χ1n) is 6.96. The summed E-state index contributed by atoms with van der Waals surface area (Å²) in [6.45, 7) is 3.87. The lowest BCUT2D eigenvalue weighted by atomic mass is 9.88. The fourth-order valence-electron chi connectivity index (χ4n) is 2.16. The molecule has 0 fully saturated rings. The number of halogens is 1. The van der Waals surface area contributed by atoms with Gasteiger partial charge in [-0.25, -0.2) is 4.99 Å². The van der Waals surface area contributed by atoms with Crippen LogP contribution in [-0.4, -0.2) is 37.1 Å². The predicted molar refractivity (Wildman–Crippen MR) is 85.8 cm³/mol. The Balaban J connectivity index is 2.26. The smallest absolute Gasteiger partial charge is 0.253 e. The van der Waals surface area contributed by atoms with Crippen molar-refractivity contribution < 1.29 is 14.3 Å². The Hall–Kier alpha value is -1.72. The van der Waals surface area contributed by atoms with E-state index < -0.39 is 5.41 Å². The zero-order valence-corrected chi connectivity index (χ0v) is 13.6. The van der Waals surface area contributed by atoms with Crippen LogP contribution in [0.4, 0.5) is 0 Å². The number of allylic oxidation sites excluding steroid dienone is 3. The summed E-state index contributed by atoms with van der Waals surface area (Å²) in [6.07, 6.45) is 6.93. The van der Waals surface area contributed by atoms with Crippen molar-refractivity contribution in [3.8, 4) is 0 Å². The van der Waals surface area contributed by atoms with Gasteiger partial charge in [0, 0.05) is 30.7 Å². The monoisotopic (exact) mass is 322 g/mol. The minimum Gasteiger partial charge on any atom is -0.380 e. The topological polar surface area (TPSA) is 67.8 Å². The second kappa shape index (κ2) is 6.58. The molecule has 2 amide bonds. The minimum atomic E-state index is -0.714. The average molecular weight is 323 g/mol. The number of amides is 2. The van der Waals surface area contributed by atoms with Gasteiger partial charge >= 0.3 is 0 Å². The quantitative estimate of drug-likeness (QED) is 0.805. The summed E-state index contributed by atoms with van der Waals surface area (Å²) in [7, 11) is 1.59. The summed E-state index contributed by atoms with van der Waals surface area (Å²) in [5.41, 5.74) is 1.38. The number of nitrogens with one attached hydrogen (secondary N) is 1. The van der Waals surface area contributed by atoms with Crippen molar-refractivity contribution in [2.24, 2.45) is 16.3 Å². The van der Waals surface area contributed by atoms with E-state index >= 15 is 0 Å². The predicted octanol–water partition coefficient (Wildman–Crippen LogP) is 1.99. The number of hydrogen-bond acceptors (Lipinski definition) is 3. The molecule has 6 heteroatoms. The first kappa shape index (κ1) is 16.6. The molecule has 5 nitrogen and oxygen atoms in total. The van der Waals surface area contributed by atoms with Crippen molar-refractivity contribution >= 4 is 29.1 Å². The molecule has 0 radical (unpaired) electrons. The summed E-state index contributed by atoms with van der Waals surface area (Å²) in [6, 6.07) is 0. The molecule has 2 aliphatic rings. The van der Waals surface area contributed by atoms with E-state index in [0.717, 1.165) is 5.57 Å². The molecule has 0 bridgehead atoms. The Labute approximate surface area is 134 Å². The number of aliphatic imine (C=N–C) groups is 1. The van der Waals surface area contributed by atoms with Crippen LogP contribution < -0.4 is 5.32 Å². The summed E-state index contributed by atoms with van der Waals surface area (Å²) >= 11 is 5.79. The maximum Gasteiger partial charge on any atom is 0.253 e. The van der Waals surface area contributed by atoms with Gasteiger partial charge in [-0.15, -0.1) is 11.6 Å². The molecule has 0 aromatic carbocycles. The van der Waals surface area contributed by atoms with Gasteiger partial charge in [0.15, 0.2) is 0 Å². The van der Waals surface area contributed by atoms with Crippen molar-refractivity contribution in [3.05, 3.63) is 35.6 Å². The Morgan fingerprint density at radius 1 is 1.45 bits per heavy atom. The van der Waals surface area contributed by atoms with Crippen LogP contribution in [0.5, 0.6) is 0 Å². The molecule has 1 unspecified atom stereocenters.